The van der Waals surface area contributed by atoms with E-state index in [0.29, 0.717) is 23.5 Å². The van der Waals surface area contributed by atoms with E-state index in [9.17, 15) is 4.79 Å². The number of carbonyl (C=O) groups is 1. The summed E-state index contributed by atoms with van der Waals surface area (Å²) in [6.07, 6.45) is 0.664. The molecule has 0 bridgehead atoms. The Morgan fingerprint density at radius 2 is 2.00 bits per heavy atom. The second-order valence-corrected chi connectivity index (χ2v) is 3.66. The Morgan fingerprint density at radius 3 is 2.59 bits per heavy atom. The summed E-state index contributed by atoms with van der Waals surface area (Å²) in [5.74, 6) is 1.01. The molecule has 1 heterocycles. The lowest BCUT2D eigenvalue weighted by atomic mass is 10.1. The van der Waals surface area contributed by atoms with E-state index in [-0.39, 0.29) is 5.97 Å². The van der Waals surface area contributed by atoms with Crippen LogP contribution < -0.4 is 0 Å². The first-order valence-electron chi connectivity index (χ1n) is 5.52. The second kappa shape index (κ2) is 4.87. The molecule has 1 aromatic carbocycles. The fourth-order valence-corrected chi connectivity index (χ4v) is 1.72. The van der Waals surface area contributed by atoms with Crippen molar-refractivity contribution in [1.82, 2.24) is 0 Å². The SMILES string of the molecule is CCc1oc(-c2ccccc2)cc1C(=O)OC. The van der Waals surface area contributed by atoms with E-state index in [1.165, 1.54) is 7.11 Å². The highest BCUT2D eigenvalue weighted by Gasteiger charge is 2.17. The van der Waals surface area contributed by atoms with Crippen LogP contribution in [0.25, 0.3) is 11.3 Å². The van der Waals surface area contributed by atoms with Crippen LogP contribution in [-0.2, 0) is 11.2 Å². The summed E-state index contributed by atoms with van der Waals surface area (Å²) in [5.41, 5.74) is 1.46. The highest BCUT2D eigenvalue weighted by molar-refractivity contribution is 5.91. The third kappa shape index (κ3) is 2.23. The lowest BCUT2D eigenvalue weighted by molar-refractivity contribution is 0.0598. The van der Waals surface area contributed by atoms with Gasteiger partial charge in [0, 0.05) is 12.0 Å². The Bertz CT molecular complexity index is 512. The van der Waals surface area contributed by atoms with Crippen LogP contribution in [0.2, 0.25) is 0 Å². The van der Waals surface area contributed by atoms with Gasteiger partial charge in [-0.05, 0) is 6.07 Å². The Kier molecular flexibility index (Phi) is 3.28. The fourth-order valence-electron chi connectivity index (χ4n) is 1.72. The monoisotopic (exact) mass is 230 g/mol. The van der Waals surface area contributed by atoms with E-state index >= 15 is 0 Å². The zero-order valence-electron chi connectivity index (χ0n) is 9.90. The largest absolute Gasteiger partial charge is 0.465 e. The predicted molar refractivity (Wildman–Crippen MR) is 64.9 cm³/mol. The van der Waals surface area contributed by atoms with Crippen LogP contribution in [0.1, 0.15) is 23.0 Å². The lowest BCUT2D eigenvalue weighted by Gasteiger charge is -1.96. The van der Waals surface area contributed by atoms with Crippen LogP contribution in [-0.4, -0.2) is 13.1 Å². The van der Waals surface area contributed by atoms with Gasteiger partial charge in [0.1, 0.15) is 17.1 Å². The average Bonchev–Trinajstić information content (AvgIpc) is 2.83. The normalized spacial score (nSPS) is 10.2. The number of esters is 1. The number of rotatable bonds is 3. The molecule has 3 nitrogen and oxygen atoms in total. The standard InChI is InChI=1S/C14H14O3/c1-3-12-11(14(15)16-2)9-13(17-12)10-7-5-4-6-8-10/h4-9H,3H2,1-2H3. The number of hydrogen-bond donors (Lipinski definition) is 0. The van der Waals surface area contributed by atoms with Crippen molar-refractivity contribution in [3.8, 4) is 11.3 Å². The summed E-state index contributed by atoms with van der Waals surface area (Å²) < 4.78 is 10.4. The van der Waals surface area contributed by atoms with E-state index < -0.39 is 0 Å². The molecule has 3 heteroatoms. The molecular weight excluding hydrogens is 216 g/mol. The van der Waals surface area contributed by atoms with Crippen molar-refractivity contribution in [2.75, 3.05) is 7.11 Å². The molecule has 0 saturated heterocycles. The van der Waals surface area contributed by atoms with Gasteiger partial charge >= 0.3 is 5.97 Å². The number of hydrogen-bond acceptors (Lipinski definition) is 3. The van der Waals surface area contributed by atoms with Crippen molar-refractivity contribution < 1.29 is 13.9 Å². The molecule has 88 valence electrons. The summed E-state index contributed by atoms with van der Waals surface area (Å²) >= 11 is 0. The van der Waals surface area contributed by atoms with Crippen LogP contribution in [0, 0.1) is 0 Å². The van der Waals surface area contributed by atoms with E-state index in [2.05, 4.69) is 0 Å². The van der Waals surface area contributed by atoms with Gasteiger partial charge in [-0.3, -0.25) is 0 Å². The first-order chi connectivity index (χ1) is 8.26. The van der Waals surface area contributed by atoms with Gasteiger partial charge in [0.05, 0.1) is 7.11 Å². The van der Waals surface area contributed by atoms with Gasteiger partial charge in [-0.15, -0.1) is 0 Å². The molecule has 0 atom stereocenters. The maximum atomic E-state index is 11.6. The molecule has 0 radical (unpaired) electrons. The van der Waals surface area contributed by atoms with Crippen molar-refractivity contribution in [2.45, 2.75) is 13.3 Å². The van der Waals surface area contributed by atoms with Gasteiger partial charge in [-0.1, -0.05) is 37.3 Å². The van der Waals surface area contributed by atoms with Crippen molar-refractivity contribution in [3.05, 3.63) is 47.7 Å². The van der Waals surface area contributed by atoms with Gasteiger partial charge in [0.15, 0.2) is 0 Å². The minimum Gasteiger partial charge on any atom is -0.465 e. The van der Waals surface area contributed by atoms with E-state index in [4.69, 9.17) is 9.15 Å². The highest BCUT2D eigenvalue weighted by Crippen LogP contribution is 2.26. The first-order valence-corrected chi connectivity index (χ1v) is 5.52. The number of furan rings is 1. The van der Waals surface area contributed by atoms with Gasteiger partial charge in [-0.2, -0.15) is 0 Å². The molecule has 2 aromatic rings. The van der Waals surface area contributed by atoms with E-state index in [1.807, 2.05) is 37.3 Å². The Balaban J connectivity index is 2.45. The molecule has 0 spiro atoms. The highest BCUT2D eigenvalue weighted by atomic mass is 16.5. The fraction of sp³-hybridized carbons (Fsp3) is 0.214. The second-order valence-electron chi connectivity index (χ2n) is 3.66. The number of benzene rings is 1. The molecular formula is C14H14O3. The van der Waals surface area contributed by atoms with Gasteiger partial charge in [0.25, 0.3) is 0 Å². The van der Waals surface area contributed by atoms with E-state index in [1.54, 1.807) is 6.07 Å². The molecule has 2 rings (SSSR count). The summed E-state index contributed by atoms with van der Waals surface area (Å²) in [6, 6.07) is 11.4. The lowest BCUT2D eigenvalue weighted by Crippen LogP contribution is -2.02. The molecule has 0 N–H and O–H groups in total. The summed E-state index contributed by atoms with van der Waals surface area (Å²) in [4.78, 5) is 11.6. The van der Waals surface area contributed by atoms with Crippen LogP contribution in [0.5, 0.6) is 0 Å². The zero-order valence-corrected chi connectivity index (χ0v) is 9.90. The molecule has 1 aromatic heterocycles. The third-order valence-corrected chi connectivity index (χ3v) is 2.59. The van der Waals surface area contributed by atoms with Crippen molar-refractivity contribution in [1.29, 1.82) is 0 Å². The van der Waals surface area contributed by atoms with Gasteiger partial charge in [0.2, 0.25) is 0 Å². The molecule has 0 saturated carbocycles. The first kappa shape index (κ1) is 11.5. The topological polar surface area (TPSA) is 39.4 Å². The molecule has 0 aliphatic rings. The smallest absolute Gasteiger partial charge is 0.341 e. The van der Waals surface area contributed by atoms with Crippen LogP contribution in [0.4, 0.5) is 0 Å². The number of methoxy groups -OCH3 is 1. The van der Waals surface area contributed by atoms with Crippen molar-refractivity contribution in [3.63, 3.8) is 0 Å². The number of carbonyl (C=O) groups excluding carboxylic acids is 1. The molecule has 17 heavy (non-hydrogen) atoms. The number of aryl methyl sites for hydroxylation is 1. The maximum Gasteiger partial charge on any atom is 0.341 e. The summed E-state index contributed by atoms with van der Waals surface area (Å²) in [7, 11) is 1.37. The Labute approximate surface area is 100 Å². The van der Waals surface area contributed by atoms with Gasteiger partial charge < -0.3 is 9.15 Å². The zero-order chi connectivity index (χ0) is 12.3. The minimum absolute atomic E-state index is 0.354. The molecule has 0 aliphatic carbocycles. The van der Waals surface area contributed by atoms with Crippen LogP contribution in [0.3, 0.4) is 0 Å². The predicted octanol–water partition coefficient (Wildman–Crippen LogP) is 3.30. The third-order valence-electron chi connectivity index (χ3n) is 2.59. The molecule has 0 fully saturated rings. The van der Waals surface area contributed by atoms with Crippen molar-refractivity contribution in [2.24, 2.45) is 0 Å². The van der Waals surface area contributed by atoms with Gasteiger partial charge in [-0.25, -0.2) is 4.79 Å². The Hall–Kier alpha value is -2.03. The van der Waals surface area contributed by atoms with E-state index in [0.717, 1.165) is 5.56 Å². The van der Waals surface area contributed by atoms with Crippen molar-refractivity contribution >= 4 is 5.97 Å². The molecule has 0 aliphatic heterocycles. The molecule has 0 amide bonds. The Morgan fingerprint density at radius 1 is 1.29 bits per heavy atom. The quantitative estimate of drug-likeness (QED) is 0.759. The van der Waals surface area contributed by atoms with Crippen LogP contribution >= 0.6 is 0 Å². The average molecular weight is 230 g/mol. The summed E-state index contributed by atoms with van der Waals surface area (Å²) in [5, 5.41) is 0. The molecule has 0 unspecified atom stereocenters. The maximum absolute atomic E-state index is 11.6. The number of ether oxygens (including phenoxy) is 1. The summed E-state index contributed by atoms with van der Waals surface area (Å²) in [6.45, 7) is 1.94. The van der Waals surface area contributed by atoms with Crippen LogP contribution in [0.15, 0.2) is 40.8 Å². The minimum atomic E-state index is -0.354.